The molecule has 2 aromatic rings. The molecule has 3 rings (SSSR count). The zero-order valence-electron chi connectivity index (χ0n) is 14.0. The lowest BCUT2D eigenvalue weighted by Gasteiger charge is -2.23. The SMILES string of the molecule is Cn1nccc1CNC(=O)C(=O)[C@H]1CCC(=O)N1Cc1ccccc1. The summed E-state index contributed by atoms with van der Waals surface area (Å²) in [6.45, 7) is 0.561. The highest BCUT2D eigenvalue weighted by Crippen LogP contribution is 2.22. The number of aryl methyl sites for hydroxylation is 1. The smallest absolute Gasteiger partial charge is 0.289 e. The highest BCUT2D eigenvalue weighted by atomic mass is 16.2. The van der Waals surface area contributed by atoms with E-state index in [-0.39, 0.29) is 18.9 Å². The van der Waals surface area contributed by atoms with Gasteiger partial charge in [0, 0.05) is 26.2 Å². The van der Waals surface area contributed by atoms with Crippen LogP contribution in [0.4, 0.5) is 0 Å². The maximum absolute atomic E-state index is 12.5. The largest absolute Gasteiger partial charge is 0.344 e. The summed E-state index contributed by atoms with van der Waals surface area (Å²) in [5.74, 6) is -1.33. The molecule has 1 aliphatic rings. The molecule has 1 fully saturated rings. The lowest BCUT2D eigenvalue weighted by atomic mass is 10.1. The molecule has 25 heavy (non-hydrogen) atoms. The van der Waals surface area contributed by atoms with E-state index in [0.717, 1.165) is 11.3 Å². The lowest BCUT2D eigenvalue weighted by Crippen LogP contribution is -2.45. The van der Waals surface area contributed by atoms with Crippen LogP contribution in [0.2, 0.25) is 0 Å². The van der Waals surface area contributed by atoms with Gasteiger partial charge in [0.15, 0.2) is 0 Å². The highest BCUT2D eigenvalue weighted by molar-refractivity contribution is 6.38. The number of benzene rings is 1. The van der Waals surface area contributed by atoms with Crippen LogP contribution in [0.3, 0.4) is 0 Å². The van der Waals surface area contributed by atoms with Crippen molar-refractivity contribution >= 4 is 17.6 Å². The van der Waals surface area contributed by atoms with E-state index in [9.17, 15) is 14.4 Å². The fraction of sp³-hybridized carbons (Fsp3) is 0.333. The van der Waals surface area contributed by atoms with Crippen molar-refractivity contribution in [2.75, 3.05) is 0 Å². The Kier molecular flexibility index (Phi) is 4.92. The summed E-state index contributed by atoms with van der Waals surface area (Å²) < 4.78 is 1.63. The average molecular weight is 340 g/mol. The number of carbonyl (C=O) groups is 3. The predicted molar refractivity (Wildman–Crippen MR) is 90.1 cm³/mol. The highest BCUT2D eigenvalue weighted by Gasteiger charge is 2.38. The topological polar surface area (TPSA) is 84.3 Å². The van der Waals surface area contributed by atoms with E-state index in [1.165, 1.54) is 4.90 Å². The van der Waals surface area contributed by atoms with Crippen LogP contribution in [0, 0.1) is 0 Å². The Labute approximate surface area is 145 Å². The first-order valence-electron chi connectivity index (χ1n) is 8.18. The van der Waals surface area contributed by atoms with Crippen LogP contribution in [0.25, 0.3) is 0 Å². The summed E-state index contributed by atoms with van der Waals surface area (Å²) in [6.07, 6.45) is 2.29. The van der Waals surface area contributed by atoms with Crippen LogP contribution in [0.5, 0.6) is 0 Å². The van der Waals surface area contributed by atoms with Crippen LogP contribution in [-0.4, -0.2) is 38.3 Å². The number of aromatic nitrogens is 2. The number of Topliss-reactive ketones (excluding diaryl/α,β-unsaturated/α-hetero) is 1. The van der Waals surface area contributed by atoms with Gasteiger partial charge in [0.05, 0.1) is 12.2 Å². The van der Waals surface area contributed by atoms with Crippen molar-refractivity contribution in [3.63, 3.8) is 0 Å². The van der Waals surface area contributed by atoms with E-state index in [1.807, 2.05) is 30.3 Å². The third-order valence-corrected chi connectivity index (χ3v) is 4.40. The standard InChI is InChI=1S/C18H20N4O3/c1-21-14(9-10-20-21)11-19-18(25)17(24)15-7-8-16(23)22(15)12-13-5-3-2-4-6-13/h2-6,9-10,15H,7-8,11-12H2,1H3,(H,19,25)/t15-/m1/s1. The summed E-state index contributed by atoms with van der Waals surface area (Å²) in [5.41, 5.74) is 1.73. The number of carbonyl (C=O) groups excluding carboxylic acids is 3. The van der Waals surface area contributed by atoms with E-state index >= 15 is 0 Å². The molecule has 2 heterocycles. The third kappa shape index (κ3) is 3.76. The zero-order chi connectivity index (χ0) is 17.8. The molecular weight excluding hydrogens is 320 g/mol. The van der Waals surface area contributed by atoms with Crippen molar-refractivity contribution in [2.24, 2.45) is 7.05 Å². The first kappa shape index (κ1) is 16.9. The molecule has 7 heteroatoms. The minimum absolute atomic E-state index is 0.0957. The second-order valence-corrected chi connectivity index (χ2v) is 6.05. The molecule has 0 unspecified atom stereocenters. The van der Waals surface area contributed by atoms with E-state index in [4.69, 9.17) is 0 Å². The van der Waals surface area contributed by atoms with Crippen molar-refractivity contribution in [3.05, 3.63) is 53.9 Å². The molecule has 7 nitrogen and oxygen atoms in total. The first-order chi connectivity index (χ1) is 12.1. The van der Waals surface area contributed by atoms with Gasteiger partial charge in [-0.25, -0.2) is 0 Å². The van der Waals surface area contributed by atoms with Crippen molar-refractivity contribution in [3.8, 4) is 0 Å². The maximum Gasteiger partial charge on any atom is 0.289 e. The lowest BCUT2D eigenvalue weighted by molar-refractivity contribution is -0.143. The molecule has 130 valence electrons. The normalized spacial score (nSPS) is 16.9. The Morgan fingerprint density at radius 1 is 1.24 bits per heavy atom. The molecule has 0 spiro atoms. The predicted octanol–water partition coefficient (Wildman–Crippen LogP) is 0.797. The second kappa shape index (κ2) is 7.29. The van der Waals surface area contributed by atoms with Crippen molar-refractivity contribution < 1.29 is 14.4 Å². The summed E-state index contributed by atoms with van der Waals surface area (Å²) in [4.78, 5) is 38.4. The van der Waals surface area contributed by atoms with Gasteiger partial charge in [-0.1, -0.05) is 30.3 Å². The molecule has 1 N–H and O–H groups in total. The van der Waals surface area contributed by atoms with Crippen LogP contribution < -0.4 is 5.32 Å². The molecule has 0 radical (unpaired) electrons. The molecule has 1 aromatic heterocycles. The van der Waals surface area contributed by atoms with E-state index < -0.39 is 17.7 Å². The number of hydrogen-bond acceptors (Lipinski definition) is 4. The number of hydrogen-bond donors (Lipinski definition) is 1. The van der Waals surface area contributed by atoms with Gasteiger partial charge in [0.25, 0.3) is 5.91 Å². The van der Waals surface area contributed by atoms with Crippen molar-refractivity contribution in [1.29, 1.82) is 0 Å². The second-order valence-electron chi connectivity index (χ2n) is 6.05. The van der Waals surface area contributed by atoms with Gasteiger partial charge in [-0.2, -0.15) is 5.10 Å². The minimum atomic E-state index is -0.695. The summed E-state index contributed by atoms with van der Waals surface area (Å²) >= 11 is 0. The Morgan fingerprint density at radius 2 is 2.00 bits per heavy atom. The number of nitrogens with zero attached hydrogens (tertiary/aromatic N) is 3. The van der Waals surface area contributed by atoms with Gasteiger partial charge in [-0.05, 0) is 18.1 Å². The Morgan fingerprint density at radius 3 is 2.68 bits per heavy atom. The molecule has 2 amide bonds. The maximum atomic E-state index is 12.5. The quantitative estimate of drug-likeness (QED) is 0.788. The molecule has 1 aromatic carbocycles. The fourth-order valence-electron chi connectivity index (χ4n) is 2.97. The summed E-state index contributed by atoms with van der Waals surface area (Å²) in [6, 6.07) is 10.5. The van der Waals surface area contributed by atoms with Gasteiger partial charge in [-0.15, -0.1) is 0 Å². The van der Waals surface area contributed by atoms with Gasteiger partial charge in [0.1, 0.15) is 6.04 Å². The Balaban J connectivity index is 1.64. The van der Waals surface area contributed by atoms with Gasteiger partial charge in [0.2, 0.25) is 11.7 Å². The van der Waals surface area contributed by atoms with E-state index in [1.54, 1.807) is 24.0 Å². The van der Waals surface area contributed by atoms with E-state index in [2.05, 4.69) is 10.4 Å². The van der Waals surface area contributed by atoms with Crippen LogP contribution in [-0.2, 0) is 34.5 Å². The average Bonchev–Trinajstić information content (AvgIpc) is 3.19. The number of amides is 2. The fourth-order valence-corrected chi connectivity index (χ4v) is 2.97. The summed E-state index contributed by atoms with van der Waals surface area (Å²) in [7, 11) is 1.76. The molecule has 0 aliphatic carbocycles. The number of nitrogens with one attached hydrogen (secondary N) is 1. The van der Waals surface area contributed by atoms with Gasteiger partial charge in [-0.3, -0.25) is 19.1 Å². The summed E-state index contributed by atoms with van der Waals surface area (Å²) in [5, 5.41) is 6.63. The van der Waals surface area contributed by atoms with E-state index in [0.29, 0.717) is 13.0 Å². The van der Waals surface area contributed by atoms with Gasteiger partial charge < -0.3 is 10.2 Å². The number of ketones is 1. The Hall–Kier alpha value is -2.96. The molecule has 0 bridgehead atoms. The molecule has 0 saturated carbocycles. The first-order valence-corrected chi connectivity index (χ1v) is 8.18. The molecule has 1 atom stereocenters. The number of rotatable bonds is 6. The molecule has 1 saturated heterocycles. The van der Waals surface area contributed by atoms with Gasteiger partial charge >= 0.3 is 0 Å². The number of likely N-dealkylation sites (tertiary alicyclic amines) is 1. The van der Waals surface area contributed by atoms with Crippen LogP contribution >= 0.6 is 0 Å². The Bertz CT molecular complexity index is 785. The van der Waals surface area contributed by atoms with Crippen LogP contribution in [0.15, 0.2) is 42.6 Å². The zero-order valence-corrected chi connectivity index (χ0v) is 14.0. The monoisotopic (exact) mass is 340 g/mol. The molecular formula is C18H20N4O3. The van der Waals surface area contributed by atoms with Crippen molar-refractivity contribution in [1.82, 2.24) is 20.0 Å². The third-order valence-electron chi connectivity index (χ3n) is 4.40. The minimum Gasteiger partial charge on any atom is -0.344 e. The van der Waals surface area contributed by atoms with Crippen LogP contribution in [0.1, 0.15) is 24.1 Å². The molecule has 1 aliphatic heterocycles. The van der Waals surface area contributed by atoms with Crippen molar-refractivity contribution in [2.45, 2.75) is 32.0 Å².